The molecule has 1 aromatic heterocycles. The van der Waals surface area contributed by atoms with E-state index in [1.165, 1.54) is 0 Å². The van der Waals surface area contributed by atoms with Crippen molar-refractivity contribution in [2.75, 3.05) is 11.1 Å². The van der Waals surface area contributed by atoms with Gasteiger partial charge in [0.05, 0.1) is 17.1 Å². The number of nitrogen functional groups attached to an aromatic ring is 1. The maximum atomic E-state index is 12.5. The van der Waals surface area contributed by atoms with Crippen molar-refractivity contribution in [1.82, 2.24) is 9.97 Å². The largest absolute Gasteiger partial charge is 0.394 e. The molecule has 0 saturated carbocycles. The Balaban J connectivity index is 2.35. The van der Waals surface area contributed by atoms with E-state index in [4.69, 9.17) is 17.3 Å². The molecule has 4 nitrogen and oxygen atoms in total. The maximum Gasteiger partial charge on any atom is 0.288 e. The maximum absolute atomic E-state index is 12.5. The van der Waals surface area contributed by atoms with Gasteiger partial charge in [-0.3, -0.25) is 0 Å². The molecule has 20 heavy (non-hydrogen) atoms. The Hall–Kier alpha value is -1.60. The third-order valence-corrected chi connectivity index (χ3v) is 3.42. The van der Waals surface area contributed by atoms with Crippen molar-refractivity contribution in [1.29, 1.82) is 0 Å². The Labute approximate surface area is 123 Å². The zero-order valence-corrected chi connectivity index (χ0v) is 12.0. The highest BCUT2D eigenvalue weighted by atomic mass is 35.5. The second kappa shape index (κ2) is 6.23. The Morgan fingerprint density at radius 3 is 2.70 bits per heavy atom. The van der Waals surface area contributed by atoms with Crippen LogP contribution >= 0.6 is 23.4 Å². The SMILES string of the molecule is Cc1nc(Cl)nc(Nc2ccccc2SC(F)F)c1N. The number of aromatic nitrogens is 2. The van der Waals surface area contributed by atoms with Crippen LogP contribution in [0.2, 0.25) is 5.28 Å². The molecule has 0 fully saturated rings. The zero-order chi connectivity index (χ0) is 14.7. The van der Waals surface area contributed by atoms with E-state index in [0.717, 1.165) is 0 Å². The van der Waals surface area contributed by atoms with Crippen LogP contribution in [0, 0.1) is 6.92 Å². The van der Waals surface area contributed by atoms with Gasteiger partial charge in [0, 0.05) is 4.90 Å². The van der Waals surface area contributed by atoms with Crippen molar-refractivity contribution in [3.05, 3.63) is 35.2 Å². The normalized spacial score (nSPS) is 10.8. The van der Waals surface area contributed by atoms with E-state index in [-0.39, 0.29) is 5.28 Å². The van der Waals surface area contributed by atoms with Gasteiger partial charge in [-0.25, -0.2) is 4.98 Å². The van der Waals surface area contributed by atoms with Crippen LogP contribution in [0.25, 0.3) is 0 Å². The molecule has 0 aliphatic rings. The van der Waals surface area contributed by atoms with E-state index in [1.54, 1.807) is 31.2 Å². The van der Waals surface area contributed by atoms with Gasteiger partial charge in [-0.05, 0) is 30.7 Å². The van der Waals surface area contributed by atoms with E-state index in [1.807, 2.05) is 0 Å². The van der Waals surface area contributed by atoms with Crippen LogP contribution in [0.15, 0.2) is 29.2 Å². The highest BCUT2D eigenvalue weighted by Gasteiger charge is 2.13. The van der Waals surface area contributed by atoms with Crippen LogP contribution < -0.4 is 11.1 Å². The highest BCUT2D eigenvalue weighted by Crippen LogP contribution is 2.34. The van der Waals surface area contributed by atoms with E-state index in [9.17, 15) is 8.78 Å². The molecule has 2 aromatic rings. The fourth-order valence-corrected chi connectivity index (χ4v) is 2.35. The van der Waals surface area contributed by atoms with Gasteiger partial charge in [0.2, 0.25) is 5.28 Å². The van der Waals surface area contributed by atoms with Crippen LogP contribution in [0.1, 0.15) is 5.69 Å². The Morgan fingerprint density at radius 1 is 1.30 bits per heavy atom. The highest BCUT2D eigenvalue weighted by molar-refractivity contribution is 7.99. The van der Waals surface area contributed by atoms with Crippen LogP contribution in [0.4, 0.5) is 26.0 Å². The number of nitrogens with two attached hydrogens (primary N) is 1. The Morgan fingerprint density at radius 2 is 2.00 bits per heavy atom. The molecular formula is C12H11ClF2N4S. The summed E-state index contributed by atoms with van der Waals surface area (Å²) in [6.45, 7) is 1.69. The summed E-state index contributed by atoms with van der Waals surface area (Å²) >= 11 is 6.21. The first-order valence-electron chi connectivity index (χ1n) is 5.58. The number of halogens is 3. The first-order chi connectivity index (χ1) is 9.47. The molecule has 0 atom stereocenters. The van der Waals surface area contributed by atoms with Gasteiger partial charge in [-0.15, -0.1) is 0 Å². The fourth-order valence-electron chi connectivity index (χ4n) is 1.54. The van der Waals surface area contributed by atoms with Crippen molar-refractivity contribution >= 4 is 40.6 Å². The summed E-state index contributed by atoms with van der Waals surface area (Å²) < 4.78 is 25.0. The molecule has 1 heterocycles. The third-order valence-electron chi connectivity index (χ3n) is 2.47. The molecule has 0 amide bonds. The number of aryl methyl sites for hydroxylation is 1. The lowest BCUT2D eigenvalue weighted by Gasteiger charge is -2.13. The second-order valence-electron chi connectivity index (χ2n) is 3.84. The summed E-state index contributed by atoms with van der Waals surface area (Å²) in [6.07, 6.45) is 0. The Bertz CT molecular complexity index is 624. The smallest absolute Gasteiger partial charge is 0.288 e. The van der Waals surface area contributed by atoms with Crippen molar-refractivity contribution in [3.63, 3.8) is 0 Å². The molecular weight excluding hydrogens is 306 g/mol. The van der Waals surface area contributed by atoms with Crippen molar-refractivity contribution < 1.29 is 8.78 Å². The lowest BCUT2D eigenvalue weighted by molar-refractivity contribution is 0.252. The van der Waals surface area contributed by atoms with Gasteiger partial charge in [-0.1, -0.05) is 23.9 Å². The van der Waals surface area contributed by atoms with Gasteiger partial charge < -0.3 is 11.1 Å². The van der Waals surface area contributed by atoms with Crippen molar-refractivity contribution in [3.8, 4) is 0 Å². The van der Waals surface area contributed by atoms with Gasteiger partial charge in [0.1, 0.15) is 0 Å². The van der Waals surface area contributed by atoms with Gasteiger partial charge in [-0.2, -0.15) is 13.8 Å². The van der Waals surface area contributed by atoms with Gasteiger partial charge in [0.15, 0.2) is 5.82 Å². The van der Waals surface area contributed by atoms with Crippen LogP contribution in [-0.4, -0.2) is 15.7 Å². The summed E-state index contributed by atoms with van der Waals surface area (Å²) in [7, 11) is 0. The molecule has 0 aliphatic heterocycles. The standard InChI is InChI=1S/C12H11ClF2N4S/c1-6-9(16)10(19-11(13)17-6)18-7-4-2-3-5-8(7)20-12(14)15/h2-5,12H,16H2,1H3,(H,17,18,19). The minimum absolute atomic E-state index is 0.0400. The van der Waals surface area contributed by atoms with Gasteiger partial charge in [0.25, 0.3) is 5.76 Å². The summed E-state index contributed by atoms with van der Waals surface area (Å²) in [5.41, 5.74) is 7.18. The number of alkyl halides is 2. The van der Waals surface area contributed by atoms with E-state index in [0.29, 0.717) is 39.5 Å². The average molecular weight is 317 g/mol. The number of rotatable bonds is 4. The molecule has 0 unspecified atom stereocenters. The summed E-state index contributed by atoms with van der Waals surface area (Å²) in [5, 5.41) is 2.95. The molecule has 0 spiro atoms. The summed E-state index contributed by atoms with van der Waals surface area (Å²) in [5.74, 6) is -2.21. The molecule has 1 aromatic carbocycles. The zero-order valence-electron chi connectivity index (χ0n) is 10.4. The molecule has 0 radical (unpaired) electrons. The van der Waals surface area contributed by atoms with E-state index >= 15 is 0 Å². The van der Waals surface area contributed by atoms with Crippen molar-refractivity contribution in [2.45, 2.75) is 17.6 Å². The molecule has 0 bridgehead atoms. The number of benzene rings is 1. The van der Waals surface area contributed by atoms with Crippen molar-refractivity contribution in [2.24, 2.45) is 0 Å². The number of para-hydroxylation sites is 1. The molecule has 0 aliphatic carbocycles. The quantitative estimate of drug-likeness (QED) is 0.657. The van der Waals surface area contributed by atoms with E-state index in [2.05, 4.69) is 15.3 Å². The number of hydrogen-bond donors (Lipinski definition) is 2. The number of nitrogens with one attached hydrogen (secondary N) is 1. The molecule has 3 N–H and O–H groups in total. The number of thioether (sulfide) groups is 1. The summed E-state index contributed by atoms with van der Waals surface area (Å²) in [6, 6.07) is 6.65. The van der Waals surface area contributed by atoms with Crippen LogP contribution in [-0.2, 0) is 0 Å². The predicted octanol–water partition coefficient (Wildman–Crippen LogP) is 4.08. The fraction of sp³-hybridized carbons (Fsp3) is 0.167. The molecule has 0 saturated heterocycles. The minimum Gasteiger partial charge on any atom is -0.394 e. The average Bonchev–Trinajstić information content (AvgIpc) is 2.37. The topological polar surface area (TPSA) is 63.8 Å². The number of hydrogen-bond acceptors (Lipinski definition) is 5. The van der Waals surface area contributed by atoms with Crippen LogP contribution in [0.5, 0.6) is 0 Å². The third kappa shape index (κ3) is 3.49. The lowest BCUT2D eigenvalue weighted by atomic mass is 10.3. The van der Waals surface area contributed by atoms with Gasteiger partial charge >= 0.3 is 0 Å². The Kier molecular flexibility index (Phi) is 4.61. The van der Waals surface area contributed by atoms with Crippen LogP contribution in [0.3, 0.4) is 0 Å². The van der Waals surface area contributed by atoms with E-state index < -0.39 is 5.76 Å². The predicted molar refractivity (Wildman–Crippen MR) is 77.8 cm³/mol. The second-order valence-corrected chi connectivity index (χ2v) is 5.21. The number of nitrogens with zero attached hydrogens (tertiary/aromatic N) is 2. The lowest BCUT2D eigenvalue weighted by Crippen LogP contribution is -2.04. The summed E-state index contributed by atoms with van der Waals surface area (Å²) in [4.78, 5) is 8.28. The number of anilines is 3. The minimum atomic E-state index is -2.51. The monoisotopic (exact) mass is 316 g/mol. The first-order valence-corrected chi connectivity index (χ1v) is 6.83. The molecule has 106 valence electrons. The first kappa shape index (κ1) is 14.8. The molecule has 8 heteroatoms. The molecule has 2 rings (SSSR count).